The largest absolute Gasteiger partial charge is 0.418 e. The first-order valence-corrected chi connectivity index (χ1v) is 8.67. The maximum absolute atomic E-state index is 10.9. The van der Waals surface area contributed by atoms with Crippen LogP contribution < -0.4 is 0 Å². The molecule has 0 bridgehead atoms. The van der Waals surface area contributed by atoms with E-state index in [4.69, 9.17) is 46.4 Å². The van der Waals surface area contributed by atoms with Crippen LogP contribution >= 0.6 is 106 Å². The number of alkyl halides is 9. The Morgan fingerprint density at radius 1 is 1.04 bits per heavy atom. The van der Waals surface area contributed by atoms with Gasteiger partial charge in [-0.3, -0.25) is 0 Å². The molecule has 150 valence electrons. The predicted molar refractivity (Wildman–Crippen MR) is 111 cm³/mol. The van der Waals surface area contributed by atoms with Crippen molar-refractivity contribution in [3.8, 4) is 0 Å². The summed E-state index contributed by atoms with van der Waals surface area (Å²) < 4.78 is 32.7. The van der Waals surface area contributed by atoms with Gasteiger partial charge in [0.15, 0.2) is 0 Å². The molecular formula is C11H22Cl9F3. The van der Waals surface area contributed by atoms with Crippen molar-refractivity contribution < 1.29 is 13.2 Å². The summed E-state index contributed by atoms with van der Waals surface area (Å²) in [6.45, 7) is 8.80. The summed E-state index contributed by atoms with van der Waals surface area (Å²) in [5.41, 5.74) is 0. The Balaban J connectivity index is -0.0000000289. The summed E-state index contributed by atoms with van der Waals surface area (Å²) in [4.78, 5) is -2.26. The Morgan fingerprint density at radius 3 is 1.13 bits per heavy atom. The lowest BCUT2D eigenvalue weighted by Crippen LogP contribution is -2.16. The molecule has 12 heteroatoms. The summed E-state index contributed by atoms with van der Waals surface area (Å²) >= 11 is 34.0. The number of hydrogen-bond acceptors (Lipinski definition) is 0. The van der Waals surface area contributed by atoms with E-state index in [0.29, 0.717) is 10.9 Å². The van der Waals surface area contributed by atoms with E-state index in [2.05, 4.69) is 41.4 Å². The average Bonchev–Trinajstić information content (AvgIpc) is 2.31. The van der Waals surface area contributed by atoms with Gasteiger partial charge in [-0.15, -0.1) is 71.2 Å². The second-order valence-electron chi connectivity index (χ2n) is 2.72. The predicted octanol–water partition coefficient (Wildman–Crippen LogP) is 8.91. The second kappa shape index (κ2) is 35.3. The van der Waals surface area contributed by atoms with Crippen molar-refractivity contribution in [1.82, 2.24) is 0 Å². The third kappa shape index (κ3) is 115. The van der Waals surface area contributed by atoms with Crippen molar-refractivity contribution in [3.05, 3.63) is 11.6 Å². The Hall–Kier alpha value is 2.14. The molecule has 0 spiro atoms. The molecule has 0 fully saturated rings. The van der Waals surface area contributed by atoms with Crippen LogP contribution in [0.5, 0.6) is 0 Å². The van der Waals surface area contributed by atoms with E-state index in [-0.39, 0.29) is 30.2 Å². The molecule has 23 heavy (non-hydrogen) atoms. The van der Waals surface area contributed by atoms with Gasteiger partial charge in [0.1, 0.15) is 0 Å². The minimum absolute atomic E-state index is 0. The molecule has 0 aliphatic rings. The molecule has 0 saturated carbocycles. The molecule has 0 radical (unpaired) electrons. The molecule has 0 saturated heterocycles. The highest BCUT2D eigenvalue weighted by Crippen LogP contribution is 2.27. The first-order chi connectivity index (χ1) is 9.36. The molecule has 1 atom stereocenters. The second-order valence-corrected chi connectivity index (χ2v) is 6.05. The lowest BCUT2D eigenvalue weighted by Gasteiger charge is -2.03. The highest BCUT2D eigenvalue weighted by atomic mass is 35.5. The number of halogens is 12. The molecule has 0 aromatic rings. The van der Waals surface area contributed by atoms with E-state index < -0.39 is 11.0 Å². The van der Waals surface area contributed by atoms with Gasteiger partial charge in [-0.1, -0.05) is 48.3 Å². The number of hydrogen-bond donors (Lipinski definition) is 0. The molecule has 0 aromatic carbocycles. The van der Waals surface area contributed by atoms with Crippen LogP contribution in [0.3, 0.4) is 0 Å². The zero-order chi connectivity index (χ0) is 18.6. The van der Waals surface area contributed by atoms with Crippen molar-refractivity contribution >= 4 is 106 Å². The van der Waals surface area contributed by atoms with Crippen LogP contribution in [0.25, 0.3) is 0 Å². The SMILES string of the molecule is C=C(C)Cl.CC(Cl)CCl.CCCl.CCl.Cl.Cl.FC(F)(F)C(Cl)Cl. The maximum atomic E-state index is 10.9. The quantitative estimate of drug-likeness (QED) is 0.297. The molecule has 0 aliphatic heterocycles. The van der Waals surface area contributed by atoms with Crippen molar-refractivity contribution in [1.29, 1.82) is 0 Å². The number of rotatable bonds is 1. The Morgan fingerprint density at radius 2 is 1.13 bits per heavy atom. The molecule has 0 aromatic heterocycles. The summed E-state index contributed by atoms with van der Waals surface area (Å²) in [5.74, 6) is 1.27. The van der Waals surface area contributed by atoms with Crippen molar-refractivity contribution in [2.75, 3.05) is 18.1 Å². The van der Waals surface area contributed by atoms with E-state index >= 15 is 0 Å². The van der Waals surface area contributed by atoms with Gasteiger partial charge in [-0.25, -0.2) is 0 Å². The lowest BCUT2D eigenvalue weighted by molar-refractivity contribution is -0.115. The van der Waals surface area contributed by atoms with Gasteiger partial charge in [-0.05, 0) is 13.8 Å². The van der Waals surface area contributed by atoms with Gasteiger partial charge in [0.25, 0.3) is 0 Å². The van der Waals surface area contributed by atoms with E-state index in [0.717, 1.165) is 5.88 Å². The van der Waals surface area contributed by atoms with Crippen LogP contribution in [0.15, 0.2) is 11.6 Å². The van der Waals surface area contributed by atoms with E-state index in [1.807, 2.05) is 13.8 Å². The average molecular weight is 530 g/mol. The molecule has 0 nitrogen and oxygen atoms in total. The molecule has 0 amide bonds. The summed E-state index contributed by atoms with van der Waals surface area (Å²) in [5, 5.41) is 0.761. The van der Waals surface area contributed by atoms with Gasteiger partial charge >= 0.3 is 6.18 Å². The fourth-order valence-corrected chi connectivity index (χ4v) is 0. The topological polar surface area (TPSA) is 0 Å². The standard InChI is InChI=1S/C3H6Cl2.C3H5Cl.C2HCl2F3.C2H5Cl.CH3Cl.2ClH/c1-3(5)2-4;1-3(2)4;3-1(4)2(5,6)7;1-2-3;1-2;;/h3H,2H2,1H3;1H2,2H3;1H;2H2,1H3;1H3;2*1H. The Labute approximate surface area is 185 Å². The molecule has 0 heterocycles. The molecule has 0 rings (SSSR count). The summed E-state index contributed by atoms with van der Waals surface area (Å²) in [7, 11) is 0. The normalized spacial score (nSPS) is 9.35. The maximum Gasteiger partial charge on any atom is 0.418 e. The lowest BCUT2D eigenvalue weighted by atomic mass is 10.6. The van der Waals surface area contributed by atoms with E-state index in [9.17, 15) is 13.2 Å². The Bertz CT molecular complexity index is 184. The van der Waals surface area contributed by atoms with E-state index in [1.54, 1.807) is 6.92 Å². The third-order valence-electron chi connectivity index (χ3n) is 0.460. The molecule has 0 N–H and O–H groups in total. The van der Waals surface area contributed by atoms with Gasteiger partial charge in [-0.2, -0.15) is 13.2 Å². The highest BCUT2D eigenvalue weighted by molar-refractivity contribution is 6.44. The molecule has 0 aliphatic carbocycles. The summed E-state index contributed by atoms with van der Waals surface area (Å²) in [6.07, 6.45) is -3.00. The van der Waals surface area contributed by atoms with Crippen LogP contribution in [-0.2, 0) is 0 Å². The third-order valence-corrected chi connectivity index (χ3v) is 1.73. The monoisotopic (exact) mass is 526 g/mol. The molecule has 1 unspecified atom stereocenters. The van der Waals surface area contributed by atoms with Gasteiger partial charge in [0.05, 0.1) is 0 Å². The Kier molecular flexibility index (Phi) is 68.3. The van der Waals surface area contributed by atoms with Crippen LogP contribution in [0.1, 0.15) is 20.8 Å². The zero-order valence-corrected chi connectivity index (χ0v) is 19.8. The first-order valence-electron chi connectivity index (χ1n) is 5.16. The smallest absolute Gasteiger partial charge is 0.168 e. The molecular weight excluding hydrogens is 508 g/mol. The van der Waals surface area contributed by atoms with Crippen LogP contribution in [0.4, 0.5) is 13.2 Å². The minimum atomic E-state index is -4.47. The summed E-state index contributed by atoms with van der Waals surface area (Å²) in [6, 6.07) is 0. The van der Waals surface area contributed by atoms with Crippen LogP contribution in [0.2, 0.25) is 0 Å². The van der Waals surface area contributed by atoms with Crippen molar-refractivity contribution in [2.45, 2.75) is 37.2 Å². The fraction of sp³-hybridized carbons (Fsp3) is 0.818. The van der Waals surface area contributed by atoms with Crippen molar-refractivity contribution in [3.63, 3.8) is 0 Å². The van der Waals surface area contributed by atoms with Crippen LogP contribution in [0, 0.1) is 0 Å². The van der Waals surface area contributed by atoms with Crippen molar-refractivity contribution in [2.24, 2.45) is 0 Å². The van der Waals surface area contributed by atoms with E-state index in [1.165, 1.54) is 6.38 Å². The zero-order valence-electron chi connectivity index (χ0n) is 12.9. The number of allylic oxidation sites excluding steroid dienone is 1. The van der Waals surface area contributed by atoms with Gasteiger partial charge < -0.3 is 0 Å². The fourth-order valence-electron chi connectivity index (χ4n) is 0. The van der Waals surface area contributed by atoms with Gasteiger partial charge in [0, 0.05) is 28.6 Å². The van der Waals surface area contributed by atoms with Gasteiger partial charge in [0.2, 0.25) is 4.84 Å². The van der Waals surface area contributed by atoms with Crippen LogP contribution in [-0.4, -0.2) is 34.5 Å². The first kappa shape index (κ1) is 44.5. The highest BCUT2D eigenvalue weighted by Gasteiger charge is 2.36. The minimum Gasteiger partial charge on any atom is -0.168 e.